The second kappa shape index (κ2) is 8.79. The Morgan fingerprint density at radius 1 is 1.09 bits per heavy atom. The first-order chi connectivity index (χ1) is 16.4. The fourth-order valence-electron chi connectivity index (χ4n) is 4.72. The SMILES string of the molecule is CN1C(=O)C(=C(Nc2cccc(CN3CCCC3)c2)c2cnn(C)c2)c2cc(C(=O)O)ccc21. The number of hydrogen-bond acceptors (Lipinski definition) is 5. The lowest BCUT2D eigenvalue weighted by molar-refractivity contribution is -0.112. The number of carbonyl (C=O) groups excluding carboxylic acids is 1. The summed E-state index contributed by atoms with van der Waals surface area (Å²) in [7, 11) is 3.52. The van der Waals surface area contributed by atoms with Crippen LogP contribution in [-0.2, 0) is 18.4 Å². The number of fused-ring (bicyclic) bond motifs is 1. The van der Waals surface area contributed by atoms with E-state index in [1.807, 2.05) is 25.4 Å². The van der Waals surface area contributed by atoms with E-state index in [2.05, 4.69) is 27.4 Å². The van der Waals surface area contributed by atoms with E-state index in [0.717, 1.165) is 30.9 Å². The molecule has 2 aliphatic heterocycles. The molecule has 34 heavy (non-hydrogen) atoms. The second-order valence-electron chi connectivity index (χ2n) is 8.86. The number of benzene rings is 2. The molecule has 1 amide bonds. The van der Waals surface area contributed by atoms with Gasteiger partial charge in [-0.1, -0.05) is 12.1 Å². The minimum atomic E-state index is -1.03. The van der Waals surface area contributed by atoms with Gasteiger partial charge in [-0.05, 0) is 61.8 Å². The van der Waals surface area contributed by atoms with Crippen molar-refractivity contribution in [2.24, 2.45) is 7.05 Å². The van der Waals surface area contributed by atoms with Gasteiger partial charge in [0.25, 0.3) is 5.91 Å². The van der Waals surface area contributed by atoms with Gasteiger partial charge in [-0.2, -0.15) is 5.10 Å². The average Bonchev–Trinajstić information content (AvgIpc) is 3.54. The molecule has 3 heterocycles. The Morgan fingerprint density at radius 3 is 2.59 bits per heavy atom. The fraction of sp³-hybridized carbons (Fsp3) is 0.269. The zero-order valence-corrected chi connectivity index (χ0v) is 19.3. The zero-order valence-electron chi connectivity index (χ0n) is 19.3. The molecule has 0 spiro atoms. The second-order valence-corrected chi connectivity index (χ2v) is 8.86. The Kier molecular flexibility index (Phi) is 5.67. The van der Waals surface area contributed by atoms with Crippen molar-refractivity contribution in [3.63, 3.8) is 0 Å². The molecule has 8 heteroatoms. The molecule has 8 nitrogen and oxygen atoms in total. The van der Waals surface area contributed by atoms with Crippen LogP contribution < -0.4 is 10.2 Å². The summed E-state index contributed by atoms with van der Waals surface area (Å²) >= 11 is 0. The maximum Gasteiger partial charge on any atom is 0.335 e. The number of carboxylic acids is 1. The molecule has 174 valence electrons. The molecule has 0 radical (unpaired) electrons. The maximum absolute atomic E-state index is 13.4. The van der Waals surface area contributed by atoms with Crippen LogP contribution >= 0.6 is 0 Å². The van der Waals surface area contributed by atoms with Gasteiger partial charge in [0.1, 0.15) is 0 Å². The lowest BCUT2D eigenvalue weighted by atomic mass is 9.99. The van der Waals surface area contributed by atoms with Crippen molar-refractivity contribution in [3.8, 4) is 0 Å². The molecule has 2 aromatic carbocycles. The molecule has 0 saturated carbocycles. The summed E-state index contributed by atoms with van der Waals surface area (Å²) in [5, 5.41) is 17.3. The van der Waals surface area contributed by atoms with Gasteiger partial charge < -0.3 is 15.3 Å². The third kappa shape index (κ3) is 4.08. The van der Waals surface area contributed by atoms with Crippen LogP contribution in [0.2, 0.25) is 0 Å². The summed E-state index contributed by atoms with van der Waals surface area (Å²) in [4.78, 5) is 29.0. The number of aryl methyl sites for hydroxylation is 1. The number of amides is 1. The van der Waals surface area contributed by atoms with Crippen LogP contribution in [0, 0.1) is 0 Å². The Balaban J connectivity index is 1.60. The number of hydrogen-bond donors (Lipinski definition) is 2. The number of carboxylic acid groups (broad SMARTS) is 1. The van der Waals surface area contributed by atoms with Crippen molar-refractivity contribution in [1.82, 2.24) is 14.7 Å². The number of carbonyl (C=O) groups is 2. The van der Waals surface area contributed by atoms with Crippen molar-refractivity contribution in [1.29, 1.82) is 0 Å². The van der Waals surface area contributed by atoms with Crippen molar-refractivity contribution >= 4 is 34.5 Å². The third-order valence-electron chi connectivity index (χ3n) is 6.44. The van der Waals surface area contributed by atoms with E-state index >= 15 is 0 Å². The average molecular weight is 458 g/mol. The predicted molar refractivity (Wildman–Crippen MR) is 131 cm³/mol. The van der Waals surface area contributed by atoms with Crippen molar-refractivity contribution < 1.29 is 14.7 Å². The number of nitrogens with zero attached hydrogens (tertiary/aromatic N) is 4. The number of aromatic nitrogens is 2. The molecule has 0 atom stereocenters. The molecule has 0 bridgehead atoms. The molecular formula is C26H27N5O3. The summed E-state index contributed by atoms with van der Waals surface area (Å²) in [6.45, 7) is 3.12. The van der Waals surface area contributed by atoms with E-state index < -0.39 is 5.97 Å². The van der Waals surface area contributed by atoms with Crippen LogP contribution in [-0.4, -0.2) is 51.8 Å². The lowest BCUT2D eigenvalue weighted by Gasteiger charge is -2.17. The topological polar surface area (TPSA) is 90.7 Å². The van der Waals surface area contributed by atoms with Crippen LogP contribution in [0.1, 0.15) is 39.9 Å². The van der Waals surface area contributed by atoms with Crippen LogP contribution in [0.3, 0.4) is 0 Å². The van der Waals surface area contributed by atoms with Gasteiger partial charge in [-0.3, -0.25) is 14.4 Å². The molecule has 2 aliphatic rings. The first-order valence-electron chi connectivity index (χ1n) is 11.4. The maximum atomic E-state index is 13.4. The lowest BCUT2D eigenvalue weighted by Crippen LogP contribution is -2.21. The molecule has 1 saturated heterocycles. The zero-order chi connectivity index (χ0) is 23.8. The first-order valence-corrected chi connectivity index (χ1v) is 11.4. The van der Waals surface area contributed by atoms with Crippen molar-refractivity contribution in [3.05, 3.63) is 77.1 Å². The Labute approximate surface area is 198 Å². The minimum Gasteiger partial charge on any atom is -0.478 e. The van der Waals surface area contributed by atoms with E-state index in [9.17, 15) is 14.7 Å². The summed E-state index contributed by atoms with van der Waals surface area (Å²) < 4.78 is 1.68. The predicted octanol–water partition coefficient (Wildman–Crippen LogP) is 3.67. The van der Waals surface area contributed by atoms with Crippen LogP contribution in [0.4, 0.5) is 11.4 Å². The normalized spacial score (nSPS) is 17.2. The van der Waals surface area contributed by atoms with E-state index in [1.165, 1.54) is 24.5 Å². The van der Waals surface area contributed by atoms with Crippen LogP contribution in [0.5, 0.6) is 0 Å². The Bertz CT molecular complexity index is 1300. The molecule has 3 aromatic rings. The highest BCUT2D eigenvalue weighted by molar-refractivity contribution is 6.38. The summed E-state index contributed by atoms with van der Waals surface area (Å²) in [6.07, 6.45) is 6.02. The van der Waals surface area contributed by atoms with Gasteiger partial charge in [0.05, 0.1) is 28.7 Å². The van der Waals surface area contributed by atoms with E-state index in [1.54, 1.807) is 35.0 Å². The van der Waals surface area contributed by atoms with Gasteiger partial charge in [0.15, 0.2) is 0 Å². The number of nitrogens with one attached hydrogen (secondary N) is 1. The highest BCUT2D eigenvalue weighted by Crippen LogP contribution is 2.41. The van der Waals surface area contributed by atoms with E-state index in [-0.39, 0.29) is 11.5 Å². The van der Waals surface area contributed by atoms with E-state index in [4.69, 9.17) is 0 Å². The Morgan fingerprint density at radius 2 is 1.88 bits per heavy atom. The molecule has 1 fully saturated rings. The van der Waals surface area contributed by atoms with Gasteiger partial charge in [0.2, 0.25) is 0 Å². The van der Waals surface area contributed by atoms with Crippen LogP contribution in [0.25, 0.3) is 11.3 Å². The number of likely N-dealkylation sites (tertiary alicyclic amines) is 1. The minimum absolute atomic E-state index is 0.137. The number of likely N-dealkylation sites (N-methyl/N-ethyl adjacent to an activating group) is 1. The molecule has 2 N–H and O–H groups in total. The summed E-state index contributed by atoms with van der Waals surface area (Å²) in [5.41, 5.74) is 5.24. The van der Waals surface area contributed by atoms with Gasteiger partial charge >= 0.3 is 5.97 Å². The number of anilines is 2. The van der Waals surface area contributed by atoms with Crippen molar-refractivity contribution in [2.75, 3.05) is 30.4 Å². The van der Waals surface area contributed by atoms with Crippen molar-refractivity contribution in [2.45, 2.75) is 19.4 Å². The third-order valence-corrected chi connectivity index (χ3v) is 6.44. The fourth-order valence-corrected chi connectivity index (χ4v) is 4.72. The molecule has 1 aromatic heterocycles. The highest BCUT2D eigenvalue weighted by Gasteiger charge is 2.34. The van der Waals surface area contributed by atoms with Gasteiger partial charge in [-0.25, -0.2) is 4.79 Å². The summed E-state index contributed by atoms with van der Waals surface area (Å²) in [6, 6.07) is 13.0. The molecule has 5 rings (SSSR count). The monoisotopic (exact) mass is 457 g/mol. The molecule has 0 aliphatic carbocycles. The van der Waals surface area contributed by atoms with Gasteiger partial charge in [-0.15, -0.1) is 0 Å². The Hall–Kier alpha value is -3.91. The quantitative estimate of drug-likeness (QED) is 0.549. The van der Waals surface area contributed by atoms with Gasteiger partial charge in [0, 0.05) is 43.7 Å². The molecule has 0 unspecified atom stereocenters. The summed E-state index contributed by atoms with van der Waals surface area (Å²) in [5.74, 6) is -1.23. The standard InChI is InChI=1S/C26H27N5O3/c1-29-16-19(14-27-29)24(28-20-7-5-6-17(12-20)15-31-10-3-4-11-31)23-21-13-18(26(33)34)8-9-22(21)30(2)25(23)32/h5-9,12-14,16,28H,3-4,10-11,15H2,1-2H3,(H,33,34). The first kappa shape index (κ1) is 21.9. The van der Waals surface area contributed by atoms with Crippen LogP contribution in [0.15, 0.2) is 54.9 Å². The molecular weight excluding hydrogens is 430 g/mol. The number of rotatable bonds is 6. The smallest absolute Gasteiger partial charge is 0.335 e. The largest absolute Gasteiger partial charge is 0.478 e. The highest BCUT2D eigenvalue weighted by atomic mass is 16.4. The van der Waals surface area contributed by atoms with E-state index in [0.29, 0.717) is 22.5 Å². The number of aromatic carboxylic acids is 1.